The number of aryl methyl sites for hydroxylation is 1. The summed E-state index contributed by atoms with van der Waals surface area (Å²) in [6.45, 7) is 5.47. The van der Waals surface area contributed by atoms with Crippen LogP contribution in [0.15, 0.2) is 59.5 Å². The Balaban J connectivity index is 1.44. The zero-order chi connectivity index (χ0) is 19.3. The number of piperazine rings is 1. The van der Waals surface area contributed by atoms with Crippen molar-refractivity contribution in [2.75, 3.05) is 39.3 Å². The maximum absolute atomic E-state index is 12.6. The zero-order valence-corrected chi connectivity index (χ0v) is 16.3. The predicted octanol–water partition coefficient (Wildman–Crippen LogP) is 1.73. The maximum atomic E-state index is 12.6. The first-order valence-electron chi connectivity index (χ1n) is 9.09. The maximum Gasteiger partial charge on any atom is 0.251 e. The highest BCUT2D eigenvalue weighted by Crippen LogP contribution is 2.17. The summed E-state index contributed by atoms with van der Waals surface area (Å²) < 4.78 is 26.8. The van der Waals surface area contributed by atoms with Crippen molar-refractivity contribution in [2.24, 2.45) is 0 Å². The van der Waals surface area contributed by atoms with Crippen LogP contribution in [0.4, 0.5) is 0 Å². The van der Waals surface area contributed by atoms with Gasteiger partial charge in [0.25, 0.3) is 5.91 Å². The number of sulfonamides is 1. The molecular weight excluding hydrogens is 362 g/mol. The molecular formula is C20H25N3O3S. The van der Waals surface area contributed by atoms with E-state index in [4.69, 9.17) is 0 Å². The van der Waals surface area contributed by atoms with Crippen LogP contribution in [0, 0.1) is 6.92 Å². The molecule has 1 heterocycles. The molecule has 144 valence electrons. The summed E-state index contributed by atoms with van der Waals surface area (Å²) in [4.78, 5) is 14.6. The van der Waals surface area contributed by atoms with Gasteiger partial charge in [-0.2, -0.15) is 4.31 Å². The van der Waals surface area contributed by atoms with E-state index in [1.807, 2.05) is 37.3 Å². The summed E-state index contributed by atoms with van der Waals surface area (Å²) in [6.07, 6.45) is 0. The number of rotatable bonds is 6. The van der Waals surface area contributed by atoms with Gasteiger partial charge in [0.2, 0.25) is 10.0 Å². The molecule has 0 atom stereocenters. The van der Waals surface area contributed by atoms with Gasteiger partial charge in [-0.15, -0.1) is 0 Å². The van der Waals surface area contributed by atoms with Crippen molar-refractivity contribution in [3.8, 4) is 0 Å². The van der Waals surface area contributed by atoms with Crippen LogP contribution in [0.2, 0.25) is 0 Å². The summed E-state index contributed by atoms with van der Waals surface area (Å²) in [5.74, 6) is -0.0831. The van der Waals surface area contributed by atoms with Crippen LogP contribution in [0.5, 0.6) is 0 Å². The number of carbonyl (C=O) groups is 1. The second-order valence-corrected chi connectivity index (χ2v) is 8.62. The van der Waals surface area contributed by atoms with Gasteiger partial charge in [0, 0.05) is 44.8 Å². The largest absolute Gasteiger partial charge is 0.351 e. The molecule has 0 unspecified atom stereocenters. The van der Waals surface area contributed by atoms with Crippen LogP contribution < -0.4 is 5.32 Å². The fourth-order valence-electron chi connectivity index (χ4n) is 3.07. The van der Waals surface area contributed by atoms with E-state index < -0.39 is 10.0 Å². The number of hydrogen-bond donors (Lipinski definition) is 1. The first-order valence-corrected chi connectivity index (χ1v) is 10.5. The smallest absolute Gasteiger partial charge is 0.251 e. The Hall–Kier alpha value is -2.22. The number of nitrogens with one attached hydrogen (secondary N) is 1. The van der Waals surface area contributed by atoms with Crippen molar-refractivity contribution in [1.82, 2.24) is 14.5 Å². The molecule has 1 N–H and O–H groups in total. The molecule has 1 saturated heterocycles. The molecule has 1 amide bonds. The van der Waals surface area contributed by atoms with Gasteiger partial charge in [-0.05, 0) is 31.2 Å². The Morgan fingerprint density at radius 2 is 1.59 bits per heavy atom. The molecule has 1 fully saturated rings. The predicted molar refractivity (Wildman–Crippen MR) is 105 cm³/mol. The number of benzene rings is 2. The third kappa shape index (κ3) is 4.94. The number of nitrogens with zero attached hydrogens (tertiary/aromatic N) is 2. The van der Waals surface area contributed by atoms with Crippen LogP contribution in [-0.2, 0) is 10.0 Å². The second kappa shape index (κ2) is 8.65. The number of carbonyl (C=O) groups excluding carboxylic acids is 1. The SMILES string of the molecule is Cc1ccc(C(=O)NCCN2CCN(S(=O)(=O)c3ccccc3)CC2)cc1. The normalized spacial score (nSPS) is 16.2. The topological polar surface area (TPSA) is 69.7 Å². The van der Waals surface area contributed by atoms with Crippen molar-refractivity contribution >= 4 is 15.9 Å². The quantitative estimate of drug-likeness (QED) is 0.820. The lowest BCUT2D eigenvalue weighted by Crippen LogP contribution is -2.50. The van der Waals surface area contributed by atoms with Gasteiger partial charge in [0.05, 0.1) is 4.90 Å². The van der Waals surface area contributed by atoms with E-state index in [0.717, 1.165) is 5.56 Å². The van der Waals surface area contributed by atoms with Gasteiger partial charge in [-0.3, -0.25) is 9.69 Å². The number of amides is 1. The van der Waals surface area contributed by atoms with Gasteiger partial charge in [-0.25, -0.2) is 8.42 Å². The highest BCUT2D eigenvalue weighted by molar-refractivity contribution is 7.89. The average Bonchev–Trinajstić information content (AvgIpc) is 2.69. The highest BCUT2D eigenvalue weighted by Gasteiger charge is 2.28. The summed E-state index contributed by atoms with van der Waals surface area (Å²) in [5, 5.41) is 2.92. The molecule has 2 aromatic carbocycles. The highest BCUT2D eigenvalue weighted by atomic mass is 32.2. The monoisotopic (exact) mass is 387 g/mol. The molecule has 0 aliphatic carbocycles. The van der Waals surface area contributed by atoms with E-state index in [1.165, 1.54) is 4.31 Å². The van der Waals surface area contributed by atoms with Gasteiger partial charge in [0.1, 0.15) is 0 Å². The van der Waals surface area contributed by atoms with Crippen LogP contribution in [0.1, 0.15) is 15.9 Å². The van der Waals surface area contributed by atoms with Crippen molar-refractivity contribution in [2.45, 2.75) is 11.8 Å². The lowest BCUT2D eigenvalue weighted by Gasteiger charge is -2.33. The summed E-state index contributed by atoms with van der Waals surface area (Å²) >= 11 is 0. The van der Waals surface area contributed by atoms with Crippen LogP contribution in [-0.4, -0.2) is 62.8 Å². The average molecular weight is 388 g/mol. The fourth-order valence-corrected chi connectivity index (χ4v) is 4.51. The zero-order valence-electron chi connectivity index (χ0n) is 15.5. The van der Waals surface area contributed by atoms with E-state index in [0.29, 0.717) is 49.7 Å². The van der Waals surface area contributed by atoms with E-state index in [1.54, 1.807) is 24.3 Å². The molecule has 0 spiro atoms. The molecule has 2 aromatic rings. The lowest BCUT2D eigenvalue weighted by atomic mass is 10.1. The van der Waals surface area contributed by atoms with Gasteiger partial charge >= 0.3 is 0 Å². The Bertz CT molecular complexity index is 859. The third-order valence-electron chi connectivity index (χ3n) is 4.74. The van der Waals surface area contributed by atoms with E-state index in [2.05, 4.69) is 10.2 Å². The van der Waals surface area contributed by atoms with Crippen LogP contribution in [0.3, 0.4) is 0 Å². The molecule has 1 aliphatic rings. The lowest BCUT2D eigenvalue weighted by molar-refractivity contribution is 0.0945. The molecule has 6 nitrogen and oxygen atoms in total. The van der Waals surface area contributed by atoms with E-state index in [9.17, 15) is 13.2 Å². The second-order valence-electron chi connectivity index (χ2n) is 6.68. The Labute approximate surface area is 160 Å². The first-order chi connectivity index (χ1) is 13.0. The van der Waals surface area contributed by atoms with Crippen LogP contribution >= 0.6 is 0 Å². The molecule has 0 saturated carbocycles. The van der Waals surface area contributed by atoms with E-state index in [-0.39, 0.29) is 5.91 Å². The standard InChI is InChI=1S/C20H25N3O3S/c1-17-7-9-18(10-8-17)20(24)21-11-12-22-13-15-23(16-14-22)27(25,26)19-5-3-2-4-6-19/h2-10H,11-16H2,1H3,(H,21,24). The summed E-state index contributed by atoms with van der Waals surface area (Å²) in [5.41, 5.74) is 1.77. The molecule has 7 heteroatoms. The molecule has 0 bridgehead atoms. The summed E-state index contributed by atoms with van der Waals surface area (Å²) in [7, 11) is -3.42. The van der Waals surface area contributed by atoms with Crippen molar-refractivity contribution < 1.29 is 13.2 Å². The van der Waals surface area contributed by atoms with Crippen LogP contribution in [0.25, 0.3) is 0 Å². The minimum atomic E-state index is -3.42. The van der Waals surface area contributed by atoms with Gasteiger partial charge in [0.15, 0.2) is 0 Å². The first kappa shape index (κ1) is 19.5. The van der Waals surface area contributed by atoms with Gasteiger partial charge in [-0.1, -0.05) is 35.9 Å². The molecule has 27 heavy (non-hydrogen) atoms. The molecule has 0 aromatic heterocycles. The Kier molecular flexibility index (Phi) is 6.26. The molecule has 3 rings (SSSR count). The van der Waals surface area contributed by atoms with Crippen molar-refractivity contribution in [3.63, 3.8) is 0 Å². The van der Waals surface area contributed by atoms with Crippen molar-refractivity contribution in [3.05, 3.63) is 65.7 Å². The third-order valence-corrected chi connectivity index (χ3v) is 6.65. The Morgan fingerprint density at radius 1 is 0.963 bits per heavy atom. The molecule has 1 aliphatic heterocycles. The Morgan fingerprint density at radius 3 is 2.22 bits per heavy atom. The number of hydrogen-bond acceptors (Lipinski definition) is 4. The fraction of sp³-hybridized carbons (Fsp3) is 0.350. The van der Waals surface area contributed by atoms with E-state index >= 15 is 0 Å². The minimum Gasteiger partial charge on any atom is -0.351 e. The molecule has 0 radical (unpaired) electrons. The minimum absolute atomic E-state index is 0.0831. The van der Waals surface area contributed by atoms with Crippen molar-refractivity contribution in [1.29, 1.82) is 0 Å². The van der Waals surface area contributed by atoms with Gasteiger partial charge < -0.3 is 5.32 Å². The summed E-state index contributed by atoms with van der Waals surface area (Å²) in [6, 6.07) is 16.0.